The molecule has 1 unspecified atom stereocenters. The Morgan fingerprint density at radius 3 is 2.39 bits per heavy atom. The Hall–Kier alpha value is -0.380. The van der Waals surface area contributed by atoms with Crippen LogP contribution >= 0.6 is 11.3 Å². The number of aliphatic hydroxyl groups is 1. The van der Waals surface area contributed by atoms with Crippen molar-refractivity contribution in [2.45, 2.75) is 59.0 Å². The topological polar surface area (TPSA) is 32.3 Å². The van der Waals surface area contributed by atoms with Gasteiger partial charge in [0.05, 0.1) is 6.61 Å². The van der Waals surface area contributed by atoms with Gasteiger partial charge in [0.25, 0.3) is 0 Å². The number of nitrogens with one attached hydrogen (secondary N) is 1. The van der Waals surface area contributed by atoms with Crippen molar-refractivity contribution in [2.24, 2.45) is 5.92 Å². The van der Waals surface area contributed by atoms with Crippen molar-refractivity contribution in [1.29, 1.82) is 0 Å². The maximum absolute atomic E-state index is 9.33. The van der Waals surface area contributed by atoms with Crippen LogP contribution in [0.5, 0.6) is 0 Å². The Balaban J connectivity index is 2.50. The molecule has 1 aromatic rings. The maximum Gasteiger partial charge on any atom is 0.0584 e. The molecule has 0 saturated carbocycles. The van der Waals surface area contributed by atoms with E-state index in [0.717, 1.165) is 13.0 Å². The zero-order chi connectivity index (χ0) is 13.8. The third-order valence-electron chi connectivity index (χ3n) is 2.94. The largest absolute Gasteiger partial charge is 0.395 e. The molecule has 1 heterocycles. The minimum Gasteiger partial charge on any atom is -0.395 e. The molecule has 1 aromatic heterocycles. The summed E-state index contributed by atoms with van der Waals surface area (Å²) in [6, 6.07) is 4.63. The highest BCUT2D eigenvalue weighted by molar-refractivity contribution is 7.12. The van der Waals surface area contributed by atoms with Crippen LogP contribution in [0.15, 0.2) is 12.1 Å². The molecule has 0 radical (unpaired) electrons. The molecule has 3 heteroatoms. The molecule has 0 aliphatic carbocycles. The third-order valence-corrected chi connectivity index (χ3v) is 4.45. The van der Waals surface area contributed by atoms with Gasteiger partial charge in [0, 0.05) is 22.3 Å². The second-order valence-corrected chi connectivity index (χ2v) is 7.57. The Labute approximate surface area is 115 Å². The van der Waals surface area contributed by atoms with Gasteiger partial charge in [-0.15, -0.1) is 11.3 Å². The van der Waals surface area contributed by atoms with Crippen LogP contribution in [-0.4, -0.2) is 17.8 Å². The van der Waals surface area contributed by atoms with E-state index < -0.39 is 0 Å². The second kappa shape index (κ2) is 6.69. The Bertz CT molecular complexity index is 352. The maximum atomic E-state index is 9.33. The Morgan fingerprint density at radius 1 is 1.28 bits per heavy atom. The lowest BCUT2D eigenvalue weighted by Gasteiger charge is -2.18. The zero-order valence-electron chi connectivity index (χ0n) is 12.3. The van der Waals surface area contributed by atoms with Crippen LogP contribution in [0.25, 0.3) is 0 Å². The summed E-state index contributed by atoms with van der Waals surface area (Å²) >= 11 is 1.87. The normalized spacial score (nSPS) is 14.2. The molecule has 0 saturated heterocycles. The lowest BCUT2D eigenvalue weighted by molar-refractivity contribution is 0.224. The highest BCUT2D eigenvalue weighted by Crippen LogP contribution is 2.29. The number of aliphatic hydroxyl groups excluding tert-OH is 1. The van der Waals surface area contributed by atoms with Crippen LogP contribution in [-0.2, 0) is 12.0 Å². The number of rotatable bonds is 6. The molecule has 2 nitrogen and oxygen atoms in total. The van der Waals surface area contributed by atoms with Crippen LogP contribution in [0.1, 0.15) is 50.8 Å². The highest BCUT2D eigenvalue weighted by atomic mass is 32.1. The summed E-state index contributed by atoms with van der Waals surface area (Å²) in [4.78, 5) is 2.77. The van der Waals surface area contributed by atoms with Gasteiger partial charge in [0.15, 0.2) is 0 Å². The van der Waals surface area contributed by atoms with E-state index >= 15 is 0 Å². The predicted octanol–water partition coefficient (Wildman–Crippen LogP) is 3.54. The molecule has 0 fully saturated rings. The van der Waals surface area contributed by atoms with Crippen molar-refractivity contribution in [3.05, 3.63) is 21.9 Å². The number of hydrogen-bond donors (Lipinski definition) is 2. The van der Waals surface area contributed by atoms with Crippen molar-refractivity contribution in [2.75, 3.05) is 6.61 Å². The van der Waals surface area contributed by atoms with E-state index in [1.807, 2.05) is 11.3 Å². The average molecular weight is 269 g/mol. The average Bonchev–Trinajstić information content (AvgIpc) is 2.71. The van der Waals surface area contributed by atoms with Crippen molar-refractivity contribution in [3.63, 3.8) is 0 Å². The van der Waals surface area contributed by atoms with Gasteiger partial charge in [0.2, 0.25) is 0 Å². The highest BCUT2D eigenvalue weighted by Gasteiger charge is 2.16. The molecular formula is C15H27NOS. The van der Waals surface area contributed by atoms with E-state index in [1.54, 1.807) is 0 Å². The molecule has 0 amide bonds. The summed E-state index contributed by atoms with van der Waals surface area (Å²) in [5, 5.41) is 12.8. The van der Waals surface area contributed by atoms with Crippen LogP contribution < -0.4 is 5.32 Å². The number of hydrogen-bond acceptors (Lipinski definition) is 3. The third kappa shape index (κ3) is 5.09. The molecule has 1 rings (SSSR count). The Kier molecular flexibility index (Phi) is 5.83. The van der Waals surface area contributed by atoms with E-state index in [2.05, 4.69) is 52.1 Å². The van der Waals surface area contributed by atoms with Crippen molar-refractivity contribution < 1.29 is 5.11 Å². The first-order valence-electron chi connectivity index (χ1n) is 6.76. The van der Waals surface area contributed by atoms with Gasteiger partial charge in [0.1, 0.15) is 0 Å². The first kappa shape index (κ1) is 15.7. The molecular weight excluding hydrogens is 242 g/mol. The quantitative estimate of drug-likeness (QED) is 0.828. The number of thiophene rings is 1. The summed E-state index contributed by atoms with van der Waals surface area (Å²) < 4.78 is 0. The standard InChI is InChI=1S/C15H27NOS/c1-11(2)8-12(10-17)16-9-13-6-7-14(18-13)15(3,4)5/h6-7,11-12,16-17H,8-10H2,1-5H3. The molecule has 2 N–H and O–H groups in total. The van der Waals surface area contributed by atoms with Gasteiger partial charge in [-0.1, -0.05) is 34.6 Å². The fraction of sp³-hybridized carbons (Fsp3) is 0.733. The van der Waals surface area contributed by atoms with Crippen molar-refractivity contribution >= 4 is 11.3 Å². The Morgan fingerprint density at radius 2 is 1.94 bits per heavy atom. The van der Waals surface area contributed by atoms with Crippen molar-refractivity contribution in [1.82, 2.24) is 5.32 Å². The molecule has 18 heavy (non-hydrogen) atoms. The molecule has 0 aromatic carbocycles. The van der Waals surface area contributed by atoms with Gasteiger partial charge in [-0.2, -0.15) is 0 Å². The van der Waals surface area contributed by atoms with E-state index in [1.165, 1.54) is 9.75 Å². The van der Waals surface area contributed by atoms with Gasteiger partial charge in [-0.3, -0.25) is 0 Å². The summed E-state index contributed by atoms with van der Waals surface area (Å²) in [7, 11) is 0. The molecule has 104 valence electrons. The van der Waals surface area contributed by atoms with Crippen LogP contribution in [0.4, 0.5) is 0 Å². The van der Waals surface area contributed by atoms with E-state index in [4.69, 9.17) is 0 Å². The van der Waals surface area contributed by atoms with E-state index in [-0.39, 0.29) is 18.1 Å². The summed E-state index contributed by atoms with van der Waals surface area (Å²) in [6.45, 7) is 12.2. The summed E-state index contributed by atoms with van der Waals surface area (Å²) in [5.41, 5.74) is 0.233. The monoisotopic (exact) mass is 269 g/mol. The van der Waals surface area contributed by atoms with Crippen LogP contribution in [0.2, 0.25) is 0 Å². The lowest BCUT2D eigenvalue weighted by Crippen LogP contribution is -2.33. The minimum absolute atomic E-state index is 0.213. The van der Waals surface area contributed by atoms with E-state index in [9.17, 15) is 5.11 Å². The van der Waals surface area contributed by atoms with Gasteiger partial charge >= 0.3 is 0 Å². The molecule has 1 atom stereocenters. The molecule has 0 bridgehead atoms. The molecule has 0 aliphatic rings. The minimum atomic E-state index is 0.213. The predicted molar refractivity (Wildman–Crippen MR) is 80.2 cm³/mol. The van der Waals surface area contributed by atoms with Gasteiger partial charge in [-0.25, -0.2) is 0 Å². The fourth-order valence-electron chi connectivity index (χ4n) is 1.91. The fourth-order valence-corrected chi connectivity index (χ4v) is 2.93. The SMILES string of the molecule is CC(C)CC(CO)NCc1ccc(C(C)(C)C)s1. The smallest absolute Gasteiger partial charge is 0.0584 e. The van der Waals surface area contributed by atoms with Gasteiger partial charge < -0.3 is 10.4 Å². The molecule has 0 spiro atoms. The van der Waals surface area contributed by atoms with Crippen molar-refractivity contribution in [3.8, 4) is 0 Å². The van der Waals surface area contributed by atoms with E-state index in [0.29, 0.717) is 5.92 Å². The second-order valence-electron chi connectivity index (χ2n) is 6.41. The zero-order valence-corrected chi connectivity index (χ0v) is 13.1. The summed E-state index contributed by atoms with van der Waals surface area (Å²) in [6.07, 6.45) is 1.02. The summed E-state index contributed by atoms with van der Waals surface area (Å²) in [5.74, 6) is 0.614. The van der Waals surface area contributed by atoms with Gasteiger partial charge in [-0.05, 0) is 29.9 Å². The first-order chi connectivity index (χ1) is 8.32. The lowest BCUT2D eigenvalue weighted by atomic mass is 9.95. The first-order valence-corrected chi connectivity index (χ1v) is 7.58. The van der Waals surface area contributed by atoms with Crippen LogP contribution in [0.3, 0.4) is 0 Å². The molecule has 0 aliphatic heterocycles. The van der Waals surface area contributed by atoms with Crippen LogP contribution in [0, 0.1) is 5.92 Å².